The Bertz CT molecular complexity index is 147. The number of amides is 1. The van der Waals surface area contributed by atoms with Gasteiger partial charge in [-0.2, -0.15) is 0 Å². The van der Waals surface area contributed by atoms with E-state index < -0.39 is 0 Å². The van der Waals surface area contributed by atoms with Crippen LogP contribution < -0.4 is 5.32 Å². The maximum Gasteiger partial charge on any atom is 0.237 e. The van der Waals surface area contributed by atoms with Crippen LogP contribution in [0.15, 0.2) is 0 Å². The molecule has 1 amide bonds. The minimum atomic E-state index is 0.214. The Labute approximate surface area is 67.8 Å². The molecule has 3 nitrogen and oxygen atoms in total. The lowest BCUT2D eigenvalue weighted by Gasteiger charge is -2.18. The van der Waals surface area contributed by atoms with Crippen molar-refractivity contribution < 1.29 is 4.79 Å². The van der Waals surface area contributed by atoms with Crippen LogP contribution in [0.2, 0.25) is 0 Å². The van der Waals surface area contributed by atoms with Gasteiger partial charge in [0.25, 0.3) is 0 Å². The van der Waals surface area contributed by atoms with Crippen molar-refractivity contribution >= 4 is 5.91 Å². The summed E-state index contributed by atoms with van der Waals surface area (Å²) in [7, 11) is 1.86. The Morgan fingerprint density at radius 3 is 2.91 bits per heavy atom. The predicted molar refractivity (Wildman–Crippen MR) is 44.1 cm³/mol. The van der Waals surface area contributed by atoms with Gasteiger partial charge < -0.3 is 4.90 Å². The van der Waals surface area contributed by atoms with Crippen LogP contribution in [-0.2, 0) is 4.79 Å². The van der Waals surface area contributed by atoms with Crippen LogP contribution in [0.1, 0.15) is 26.2 Å². The summed E-state index contributed by atoms with van der Waals surface area (Å²) in [6.07, 6.45) is 3.76. The van der Waals surface area contributed by atoms with E-state index >= 15 is 0 Å². The lowest BCUT2D eigenvalue weighted by Crippen LogP contribution is -2.33. The first-order valence-electron chi connectivity index (χ1n) is 4.24. The minimum absolute atomic E-state index is 0.214. The lowest BCUT2D eigenvalue weighted by atomic mass is 10.2. The Balaban J connectivity index is 2.30. The van der Waals surface area contributed by atoms with Crippen LogP contribution in [0.4, 0.5) is 0 Å². The number of carbonyl (C=O) groups excluding carboxylic acids is 1. The highest BCUT2D eigenvalue weighted by Crippen LogP contribution is 2.08. The maximum absolute atomic E-state index is 11.0. The van der Waals surface area contributed by atoms with Crippen LogP contribution in [0, 0.1) is 0 Å². The van der Waals surface area contributed by atoms with E-state index in [0.717, 1.165) is 6.42 Å². The van der Waals surface area contributed by atoms with E-state index in [4.69, 9.17) is 0 Å². The molecular formula is C8H16N2O. The van der Waals surface area contributed by atoms with Gasteiger partial charge in [0, 0.05) is 7.05 Å². The van der Waals surface area contributed by atoms with Crippen molar-refractivity contribution in [2.75, 3.05) is 13.6 Å². The number of nitrogens with one attached hydrogen (secondary N) is 1. The molecule has 1 rings (SSSR count). The first-order chi connectivity index (χ1) is 5.25. The van der Waals surface area contributed by atoms with Crippen LogP contribution in [-0.4, -0.2) is 30.6 Å². The molecule has 0 aromatic carbocycles. The van der Waals surface area contributed by atoms with Crippen molar-refractivity contribution in [3.8, 4) is 0 Å². The fourth-order valence-corrected chi connectivity index (χ4v) is 1.33. The number of hydrogen-bond donors (Lipinski definition) is 1. The number of nitrogens with zero attached hydrogens (tertiary/aromatic N) is 1. The zero-order chi connectivity index (χ0) is 8.27. The second-order valence-electron chi connectivity index (χ2n) is 3.04. The van der Waals surface area contributed by atoms with Crippen molar-refractivity contribution in [1.29, 1.82) is 0 Å². The van der Waals surface area contributed by atoms with Gasteiger partial charge in [-0.15, -0.1) is 0 Å². The van der Waals surface area contributed by atoms with Gasteiger partial charge in [-0.05, 0) is 6.42 Å². The monoisotopic (exact) mass is 156 g/mol. The van der Waals surface area contributed by atoms with Crippen LogP contribution in [0.5, 0.6) is 0 Å². The summed E-state index contributed by atoms with van der Waals surface area (Å²) in [6.45, 7) is 2.68. The Kier molecular flexibility index (Phi) is 2.88. The molecule has 1 N–H and O–H groups in total. The summed E-state index contributed by atoms with van der Waals surface area (Å²) < 4.78 is 0. The molecule has 1 aliphatic rings. The smallest absolute Gasteiger partial charge is 0.237 e. The molecular weight excluding hydrogens is 140 g/mol. The van der Waals surface area contributed by atoms with Gasteiger partial charge in [0.05, 0.1) is 12.7 Å². The molecule has 0 bridgehead atoms. The SMILES string of the molecule is CCCC[C@@H]1NCC(=O)N1C. The third-order valence-electron chi connectivity index (χ3n) is 2.18. The third-order valence-corrected chi connectivity index (χ3v) is 2.18. The Hall–Kier alpha value is -0.570. The van der Waals surface area contributed by atoms with Gasteiger partial charge in [0.15, 0.2) is 0 Å². The van der Waals surface area contributed by atoms with Crippen molar-refractivity contribution in [1.82, 2.24) is 10.2 Å². The number of rotatable bonds is 3. The van der Waals surface area contributed by atoms with Crippen molar-refractivity contribution in [3.05, 3.63) is 0 Å². The van der Waals surface area contributed by atoms with E-state index in [0.29, 0.717) is 12.7 Å². The van der Waals surface area contributed by atoms with Gasteiger partial charge in [-0.3, -0.25) is 10.1 Å². The van der Waals surface area contributed by atoms with Gasteiger partial charge in [0.2, 0.25) is 5.91 Å². The second-order valence-corrected chi connectivity index (χ2v) is 3.04. The van der Waals surface area contributed by atoms with Crippen molar-refractivity contribution in [2.24, 2.45) is 0 Å². The normalized spacial score (nSPS) is 24.7. The predicted octanol–water partition coefficient (Wildman–Crippen LogP) is 0.564. The zero-order valence-corrected chi connectivity index (χ0v) is 7.26. The Morgan fingerprint density at radius 2 is 2.45 bits per heavy atom. The third kappa shape index (κ3) is 1.93. The highest BCUT2D eigenvalue weighted by atomic mass is 16.2. The molecule has 3 heteroatoms. The first kappa shape index (κ1) is 8.53. The lowest BCUT2D eigenvalue weighted by molar-refractivity contribution is -0.126. The molecule has 1 saturated heterocycles. The fourth-order valence-electron chi connectivity index (χ4n) is 1.33. The minimum Gasteiger partial charge on any atom is -0.329 e. The maximum atomic E-state index is 11.0. The largest absolute Gasteiger partial charge is 0.329 e. The zero-order valence-electron chi connectivity index (χ0n) is 7.26. The van der Waals surface area contributed by atoms with E-state index in [9.17, 15) is 4.79 Å². The number of carbonyl (C=O) groups is 1. The van der Waals surface area contributed by atoms with E-state index in [-0.39, 0.29) is 5.91 Å². The summed E-state index contributed by atoms with van der Waals surface area (Å²) in [6, 6.07) is 0. The number of likely N-dealkylation sites (N-methyl/N-ethyl adjacent to an activating group) is 1. The molecule has 0 saturated carbocycles. The van der Waals surface area contributed by atoms with Crippen molar-refractivity contribution in [3.63, 3.8) is 0 Å². The van der Waals surface area contributed by atoms with Gasteiger partial charge >= 0.3 is 0 Å². The highest BCUT2D eigenvalue weighted by molar-refractivity contribution is 5.80. The van der Waals surface area contributed by atoms with E-state index in [1.54, 1.807) is 4.90 Å². The average Bonchev–Trinajstić information content (AvgIpc) is 2.31. The summed E-state index contributed by atoms with van der Waals surface area (Å²) in [5.41, 5.74) is 0. The van der Waals surface area contributed by atoms with Gasteiger partial charge in [-0.1, -0.05) is 19.8 Å². The summed E-state index contributed by atoms with van der Waals surface area (Å²) in [4.78, 5) is 12.8. The molecule has 0 aromatic rings. The standard InChI is InChI=1S/C8H16N2O/c1-3-4-5-7-9-6-8(11)10(7)2/h7,9H,3-6H2,1-2H3/t7-/m1/s1. The quantitative estimate of drug-likeness (QED) is 0.647. The molecule has 0 unspecified atom stereocenters. The van der Waals surface area contributed by atoms with Crippen molar-refractivity contribution in [2.45, 2.75) is 32.4 Å². The van der Waals surface area contributed by atoms with Gasteiger partial charge in [0.1, 0.15) is 0 Å². The van der Waals surface area contributed by atoms with E-state index in [2.05, 4.69) is 12.2 Å². The molecule has 64 valence electrons. The molecule has 1 aliphatic heterocycles. The topological polar surface area (TPSA) is 32.3 Å². The van der Waals surface area contributed by atoms with Crippen LogP contribution in [0.3, 0.4) is 0 Å². The average molecular weight is 156 g/mol. The van der Waals surface area contributed by atoms with Crippen LogP contribution >= 0.6 is 0 Å². The molecule has 0 radical (unpaired) electrons. The number of hydrogen-bond acceptors (Lipinski definition) is 2. The molecule has 0 spiro atoms. The summed E-state index contributed by atoms with van der Waals surface area (Å²) in [5, 5.41) is 3.17. The van der Waals surface area contributed by atoms with Gasteiger partial charge in [-0.25, -0.2) is 0 Å². The molecule has 1 heterocycles. The van der Waals surface area contributed by atoms with E-state index in [1.165, 1.54) is 12.8 Å². The molecule has 1 fully saturated rings. The molecule has 0 aliphatic carbocycles. The first-order valence-corrected chi connectivity index (χ1v) is 4.24. The Morgan fingerprint density at radius 1 is 1.73 bits per heavy atom. The van der Waals surface area contributed by atoms with Crippen LogP contribution in [0.25, 0.3) is 0 Å². The highest BCUT2D eigenvalue weighted by Gasteiger charge is 2.25. The molecule has 11 heavy (non-hydrogen) atoms. The molecule has 0 aromatic heterocycles. The summed E-state index contributed by atoms with van der Waals surface area (Å²) >= 11 is 0. The second kappa shape index (κ2) is 3.72. The fraction of sp³-hybridized carbons (Fsp3) is 0.875. The summed E-state index contributed by atoms with van der Waals surface area (Å²) in [5.74, 6) is 0.214. The van der Waals surface area contributed by atoms with E-state index in [1.807, 2.05) is 7.05 Å². The number of unbranched alkanes of at least 4 members (excludes halogenated alkanes) is 1. The molecule has 1 atom stereocenters.